The van der Waals surface area contributed by atoms with Gasteiger partial charge in [0.15, 0.2) is 18.3 Å². The molecule has 3 rings (SSSR count). The summed E-state index contributed by atoms with van der Waals surface area (Å²) in [6.07, 6.45) is 0. The second-order valence-electron chi connectivity index (χ2n) is 6.49. The van der Waals surface area contributed by atoms with Gasteiger partial charge in [0, 0.05) is 0 Å². The van der Waals surface area contributed by atoms with Crippen LogP contribution in [-0.2, 0) is 9.59 Å². The Bertz CT molecular complexity index is 1120. The van der Waals surface area contributed by atoms with Crippen LogP contribution in [0.2, 0.25) is 0 Å². The number of fused-ring (bicyclic) bond motifs is 1. The van der Waals surface area contributed by atoms with Crippen molar-refractivity contribution in [2.45, 2.75) is 6.92 Å². The number of ether oxygens (including phenoxy) is 2. The molecule has 0 aliphatic carbocycles. The van der Waals surface area contributed by atoms with Gasteiger partial charge in [0.25, 0.3) is 11.8 Å². The van der Waals surface area contributed by atoms with Crippen molar-refractivity contribution < 1.29 is 19.1 Å². The molecule has 0 heterocycles. The van der Waals surface area contributed by atoms with Crippen molar-refractivity contribution in [3.05, 3.63) is 70.7 Å². The van der Waals surface area contributed by atoms with E-state index in [2.05, 4.69) is 32.1 Å². The lowest BCUT2D eigenvalue weighted by Crippen LogP contribution is -2.50. The highest BCUT2D eigenvalue weighted by Crippen LogP contribution is 2.32. The summed E-state index contributed by atoms with van der Waals surface area (Å²) in [6.45, 7) is 1.44. The predicted molar refractivity (Wildman–Crippen MR) is 126 cm³/mol. The topological polar surface area (TPSA) is 88.7 Å². The molecule has 2 amide bonds. The van der Waals surface area contributed by atoms with Crippen molar-refractivity contribution >= 4 is 55.8 Å². The third-order valence-corrected chi connectivity index (χ3v) is 5.23. The highest BCUT2D eigenvalue weighted by atomic mass is 79.9. The number of nitrogens with one attached hydrogen (secondary N) is 3. The van der Waals surface area contributed by atoms with Crippen molar-refractivity contribution in [1.82, 2.24) is 16.2 Å². The molecule has 0 aliphatic heterocycles. The van der Waals surface area contributed by atoms with Gasteiger partial charge in [0.05, 0.1) is 4.47 Å². The Morgan fingerprint density at radius 2 is 1.55 bits per heavy atom. The summed E-state index contributed by atoms with van der Waals surface area (Å²) >= 11 is 8.51. The van der Waals surface area contributed by atoms with E-state index in [-0.39, 0.29) is 18.3 Å². The minimum absolute atomic E-state index is 0.0598. The van der Waals surface area contributed by atoms with Crippen molar-refractivity contribution in [3.8, 4) is 11.5 Å². The maximum absolute atomic E-state index is 12.1. The summed E-state index contributed by atoms with van der Waals surface area (Å²) < 4.78 is 11.8. The Balaban J connectivity index is 1.40. The fraction of sp³-hybridized carbons (Fsp3) is 0.136. The van der Waals surface area contributed by atoms with Gasteiger partial charge in [-0.1, -0.05) is 48.5 Å². The molecule has 0 bridgehead atoms. The van der Waals surface area contributed by atoms with E-state index >= 15 is 0 Å². The van der Waals surface area contributed by atoms with Gasteiger partial charge in [-0.3, -0.25) is 25.8 Å². The van der Waals surface area contributed by atoms with E-state index in [0.29, 0.717) is 11.5 Å². The van der Waals surface area contributed by atoms with Crippen LogP contribution in [0.5, 0.6) is 11.5 Å². The van der Waals surface area contributed by atoms with Gasteiger partial charge in [-0.2, -0.15) is 0 Å². The molecule has 160 valence electrons. The minimum Gasteiger partial charge on any atom is -0.483 e. The van der Waals surface area contributed by atoms with Crippen LogP contribution >= 0.6 is 28.1 Å². The largest absolute Gasteiger partial charge is 0.483 e. The number of halogens is 1. The summed E-state index contributed by atoms with van der Waals surface area (Å²) in [6, 6.07) is 18.9. The van der Waals surface area contributed by atoms with E-state index in [4.69, 9.17) is 21.7 Å². The third kappa shape index (κ3) is 6.40. The van der Waals surface area contributed by atoms with Crippen molar-refractivity contribution in [3.63, 3.8) is 0 Å². The third-order valence-electron chi connectivity index (χ3n) is 4.21. The summed E-state index contributed by atoms with van der Waals surface area (Å²) in [5, 5.41) is 4.41. The standard InChI is InChI=1S/C22H20BrN3O4S/c1-14-6-2-5-9-17(14)29-13-20(28)25-26-22(31)24-19(27)12-30-18-11-10-15-7-3-4-8-16(15)21(18)23/h2-11H,12-13H2,1H3,(H,25,28)(H2,24,26,27,31). The highest BCUT2D eigenvalue weighted by Gasteiger charge is 2.11. The number of hydrogen-bond acceptors (Lipinski definition) is 5. The van der Waals surface area contributed by atoms with E-state index < -0.39 is 11.8 Å². The Kier molecular flexibility index (Phi) is 7.80. The predicted octanol–water partition coefficient (Wildman–Crippen LogP) is 3.39. The van der Waals surface area contributed by atoms with Crippen molar-refractivity contribution in [2.75, 3.05) is 13.2 Å². The second-order valence-corrected chi connectivity index (χ2v) is 7.69. The number of para-hydroxylation sites is 1. The number of rotatable bonds is 6. The molecule has 31 heavy (non-hydrogen) atoms. The number of carbonyl (C=O) groups excluding carboxylic acids is 2. The number of amides is 2. The molecule has 0 spiro atoms. The quantitative estimate of drug-likeness (QED) is 0.354. The molecule has 0 atom stereocenters. The number of thiocarbonyl (C=S) groups is 1. The van der Waals surface area contributed by atoms with Crippen LogP contribution in [0.15, 0.2) is 65.1 Å². The molecule has 0 aliphatic rings. The number of carbonyl (C=O) groups is 2. The van der Waals surface area contributed by atoms with Gasteiger partial charge in [-0.05, 0) is 63.5 Å². The zero-order valence-corrected chi connectivity index (χ0v) is 19.0. The Morgan fingerprint density at radius 3 is 2.35 bits per heavy atom. The van der Waals surface area contributed by atoms with Crippen molar-refractivity contribution in [1.29, 1.82) is 0 Å². The van der Waals surface area contributed by atoms with Crippen LogP contribution in [0.1, 0.15) is 5.56 Å². The average molecular weight is 502 g/mol. The van der Waals surface area contributed by atoms with Crippen LogP contribution < -0.4 is 25.6 Å². The zero-order valence-electron chi connectivity index (χ0n) is 16.6. The Labute approximate surface area is 193 Å². The maximum atomic E-state index is 12.1. The summed E-state index contributed by atoms with van der Waals surface area (Å²) in [5.74, 6) is 0.235. The number of benzene rings is 3. The zero-order chi connectivity index (χ0) is 22.2. The second kappa shape index (κ2) is 10.7. The van der Waals surface area contributed by atoms with E-state index in [1.54, 1.807) is 12.1 Å². The van der Waals surface area contributed by atoms with Crippen LogP contribution in [-0.4, -0.2) is 30.1 Å². The SMILES string of the molecule is Cc1ccccc1OCC(=O)NNC(=S)NC(=O)COc1ccc2ccccc2c1Br. The lowest BCUT2D eigenvalue weighted by molar-refractivity contribution is -0.124. The number of hydrazine groups is 1. The van der Waals surface area contributed by atoms with Gasteiger partial charge < -0.3 is 9.47 Å². The van der Waals surface area contributed by atoms with Crippen LogP contribution in [0.25, 0.3) is 10.8 Å². The van der Waals surface area contributed by atoms with Crippen molar-refractivity contribution in [2.24, 2.45) is 0 Å². The van der Waals surface area contributed by atoms with Gasteiger partial charge in [0.1, 0.15) is 11.5 Å². The van der Waals surface area contributed by atoms with E-state index in [1.165, 1.54) is 0 Å². The molecule has 0 saturated carbocycles. The average Bonchev–Trinajstić information content (AvgIpc) is 2.77. The number of aryl methyl sites for hydroxylation is 1. The summed E-state index contributed by atoms with van der Waals surface area (Å²) in [7, 11) is 0. The first-order chi connectivity index (χ1) is 14.9. The monoisotopic (exact) mass is 501 g/mol. The molecule has 3 aromatic rings. The first-order valence-corrected chi connectivity index (χ1v) is 10.5. The molecule has 0 fully saturated rings. The fourth-order valence-electron chi connectivity index (χ4n) is 2.69. The van der Waals surface area contributed by atoms with Gasteiger partial charge in [0.2, 0.25) is 0 Å². The maximum Gasteiger partial charge on any atom is 0.276 e. The lowest BCUT2D eigenvalue weighted by Gasteiger charge is -2.13. The van der Waals surface area contributed by atoms with Gasteiger partial charge >= 0.3 is 0 Å². The van der Waals surface area contributed by atoms with E-state index in [9.17, 15) is 9.59 Å². The first kappa shape index (κ1) is 22.5. The molecule has 9 heteroatoms. The molecule has 0 unspecified atom stereocenters. The minimum atomic E-state index is -0.469. The van der Waals surface area contributed by atoms with Crippen LogP contribution in [0.4, 0.5) is 0 Å². The summed E-state index contributed by atoms with van der Waals surface area (Å²) in [5.41, 5.74) is 5.74. The van der Waals surface area contributed by atoms with E-state index in [1.807, 2.05) is 55.5 Å². The highest BCUT2D eigenvalue weighted by molar-refractivity contribution is 9.10. The van der Waals surface area contributed by atoms with Crippen LogP contribution in [0, 0.1) is 6.92 Å². The molecular weight excluding hydrogens is 482 g/mol. The Hall–Kier alpha value is -3.17. The summed E-state index contributed by atoms with van der Waals surface area (Å²) in [4.78, 5) is 24.0. The normalized spacial score (nSPS) is 10.3. The first-order valence-electron chi connectivity index (χ1n) is 9.31. The van der Waals surface area contributed by atoms with Crippen LogP contribution in [0.3, 0.4) is 0 Å². The fourth-order valence-corrected chi connectivity index (χ4v) is 3.46. The van der Waals surface area contributed by atoms with Gasteiger partial charge in [-0.15, -0.1) is 0 Å². The smallest absolute Gasteiger partial charge is 0.276 e. The lowest BCUT2D eigenvalue weighted by atomic mass is 10.1. The Morgan fingerprint density at radius 1 is 0.871 bits per heavy atom. The molecule has 7 nitrogen and oxygen atoms in total. The molecular formula is C22H20BrN3O4S. The van der Waals surface area contributed by atoms with E-state index in [0.717, 1.165) is 20.8 Å². The molecule has 3 aromatic carbocycles. The molecule has 3 N–H and O–H groups in total. The van der Waals surface area contributed by atoms with Gasteiger partial charge in [-0.25, -0.2) is 0 Å². The molecule has 0 saturated heterocycles. The molecule has 0 radical (unpaired) electrons. The number of hydrogen-bond donors (Lipinski definition) is 3. The molecule has 0 aromatic heterocycles.